The number of hydrogen-bond acceptors (Lipinski definition) is 6. The minimum absolute atomic E-state index is 0.108. The van der Waals surface area contributed by atoms with E-state index in [-0.39, 0.29) is 17.6 Å². The maximum atomic E-state index is 13.7. The van der Waals surface area contributed by atoms with Crippen molar-refractivity contribution in [2.45, 2.75) is 6.54 Å². The average Bonchev–Trinajstić information content (AvgIpc) is 3.04. The van der Waals surface area contributed by atoms with Gasteiger partial charge in [-0.1, -0.05) is 0 Å². The van der Waals surface area contributed by atoms with Crippen molar-refractivity contribution < 1.29 is 9.18 Å². The number of carbonyl (C=O) groups is 1. The third-order valence-corrected chi connectivity index (χ3v) is 3.46. The molecule has 0 aliphatic heterocycles. The van der Waals surface area contributed by atoms with Gasteiger partial charge in [0.15, 0.2) is 10.9 Å². The lowest BCUT2D eigenvalue weighted by atomic mass is 10.2. The number of carbonyl (C=O) groups excluding carboxylic acids is 1. The van der Waals surface area contributed by atoms with E-state index in [0.717, 1.165) is 10.9 Å². The molecule has 3 aromatic rings. The van der Waals surface area contributed by atoms with Crippen LogP contribution in [-0.4, -0.2) is 26.3 Å². The number of halogens is 1. The van der Waals surface area contributed by atoms with Crippen LogP contribution in [0.1, 0.15) is 15.2 Å². The standard InChI is InChI=1S/C11H9FN6OS/c12-7-1-5(2-8-9(7)17-18-16-8)10(19)14-3-6-4-15-11(13)20-6/h1-2,4H,3H2,(H2,13,15)(H,14,19)(H,16,17,18). The number of thiazole rings is 1. The van der Waals surface area contributed by atoms with Crippen molar-refractivity contribution in [1.82, 2.24) is 25.7 Å². The molecule has 20 heavy (non-hydrogen) atoms. The Balaban J connectivity index is 1.78. The second kappa shape index (κ2) is 4.85. The van der Waals surface area contributed by atoms with Crippen molar-refractivity contribution >= 4 is 33.4 Å². The van der Waals surface area contributed by atoms with E-state index in [0.29, 0.717) is 10.6 Å². The molecule has 0 unspecified atom stereocenters. The summed E-state index contributed by atoms with van der Waals surface area (Å²) in [7, 11) is 0. The first-order valence-electron chi connectivity index (χ1n) is 5.62. The minimum atomic E-state index is -0.594. The van der Waals surface area contributed by atoms with Gasteiger partial charge in [-0.05, 0) is 12.1 Å². The van der Waals surface area contributed by atoms with E-state index >= 15 is 0 Å². The van der Waals surface area contributed by atoms with Gasteiger partial charge in [0.1, 0.15) is 11.0 Å². The first kappa shape index (κ1) is 12.5. The number of aromatic amines is 1. The van der Waals surface area contributed by atoms with E-state index in [2.05, 4.69) is 25.7 Å². The Morgan fingerprint density at radius 3 is 3.05 bits per heavy atom. The van der Waals surface area contributed by atoms with Crippen LogP contribution in [-0.2, 0) is 6.54 Å². The first-order chi connectivity index (χ1) is 9.63. The lowest BCUT2D eigenvalue weighted by molar-refractivity contribution is 0.0951. The minimum Gasteiger partial charge on any atom is -0.375 e. The van der Waals surface area contributed by atoms with Crippen molar-refractivity contribution in [1.29, 1.82) is 0 Å². The Labute approximate surface area is 116 Å². The Morgan fingerprint density at radius 1 is 1.45 bits per heavy atom. The zero-order chi connectivity index (χ0) is 14.1. The molecule has 9 heteroatoms. The van der Waals surface area contributed by atoms with Gasteiger partial charge in [-0.3, -0.25) is 4.79 Å². The van der Waals surface area contributed by atoms with Gasteiger partial charge in [0, 0.05) is 16.6 Å². The highest BCUT2D eigenvalue weighted by Crippen LogP contribution is 2.16. The number of nitrogen functional groups attached to an aromatic ring is 1. The molecule has 0 aliphatic rings. The number of H-pyrrole nitrogens is 1. The smallest absolute Gasteiger partial charge is 0.251 e. The maximum Gasteiger partial charge on any atom is 0.251 e. The van der Waals surface area contributed by atoms with E-state index in [9.17, 15) is 9.18 Å². The van der Waals surface area contributed by atoms with Gasteiger partial charge >= 0.3 is 0 Å². The van der Waals surface area contributed by atoms with Gasteiger partial charge in [0.25, 0.3) is 5.91 Å². The van der Waals surface area contributed by atoms with Crippen LogP contribution in [0.5, 0.6) is 0 Å². The summed E-state index contributed by atoms with van der Waals surface area (Å²) in [5.74, 6) is -0.996. The van der Waals surface area contributed by atoms with Gasteiger partial charge in [-0.25, -0.2) is 9.37 Å². The van der Waals surface area contributed by atoms with E-state index in [4.69, 9.17) is 5.73 Å². The molecular weight excluding hydrogens is 283 g/mol. The zero-order valence-corrected chi connectivity index (χ0v) is 10.9. The fourth-order valence-corrected chi connectivity index (χ4v) is 2.34. The molecule has 7 nitrogen and oxygen atoms in total. The normalized spacial score (nSPS) is 10.8. The fourth-order valence-electron chi connectivity index (χ4n) is 1.71. The van der Waals surface area contributed by atoms with Gasteiger partial charge in [0.05, 0.1) is 6.54 Å². The van der Waals surface area contributed by atoms with Crippen molar-refractivity contribution in [3.05, 3.63) is 34.6 Å². The molecule has 2 heterocycles. The van der Waals surface area contributed by atoms with Crippen LogP contribution in [0.2, 0.25) is 0 Å². The summed E-state index contributed by atoms with van der Waals surface area (Å²) in [6.07, 6.45) is 1.59. The Bertz CT molecular complexity index is 782. The molecule has 0 spiro atoms. The topological polar surface area (TPSA) is 110 Å². The van der Waals surface area contributed by atoms with Gasteiger partial charge in [0.2, 0.25) is 0 Å². The Kier molecular flexibility index (Phi) is 3.03. The highest BCUT2D eigenvalue weighted by Gasteiger charge is 2.13. The van der Waals surface area contributed by atoms with Crippen LogP contribution in [0.3, 0.4) is 0 Å². The molecule has 0 radical (unpaired) electrons. The number of nitrogens with one attached hydrogen (secondary N) is 2. The van der Waals surface area contributed by atoms with E-state index in [1.165, 1.54) is 17.4 Å². The number of hydrogen-bond donors (Lipinski definition) is 3. The van der Waals surface area contributed by atoms with Gasteiger partial charge < -0.3 is 11.1 Å². The summed E-state index contributed by atoms with van der Waals surface area (Å²) < 4.78 is 13.7. The van der Waals surface area contributed by atoms with Crippen molar-refractivity contribution in [3.63, 3.8) is 0 Å². The highest BCUT2D eigenvalue weighted by atomic mass is 32.1. The van der Waals surface area contributed by atoms with Crippen LogP contribution in [0.4, 0.5) is 9.52 Å². The number of benzene rings is 1. The van der Waals surface area contributed by atoms with Crippen molar-refractivity contribution in [2.75, 3.05) is 5.73 Å². The van der Waals surface area contributed by atoms with Crippen LogP contribution >= 0.6 is 11.3 Å². The van der Waals surface area contributed by atoms with E-state index in [1.807, 2.05) is 0 Å². The number of amides is 1. The third-order valence-electron chi connectivity index (χ3n) is 2.63. The van der Waals surface area contributed by atoms with Crippen LogP contribution in [0.15, 0.2) is 18.3 Å². The van der Waals surface area contributed by atoms with Crippen LogP contribution in [0, 0.1) is 5.82 Å². The molecule has 0 atom stereocenters. The van der Waals surface area contributed by atoms with Crippen LogP contribution < -0.4 is 11.1 Å². The molecule has 4 N–H and O–H groups in total. The van der Waals surface area contributed by atoms with E-state index in [1.54, 1.807) is 6.20 Å². The Hall–Kier alpha value is -2.55. The third kappa shape index (κ3) is 2.30. The predicted molar refractivity (Wildman–Crippen MR) is 71.5 cm³/mol. The number of fused-ring (bicyclic) bond motifs is 1. The van der Waals surface area contributed by atoms with E-state index < -0.39 is 11.7 Å². The molecule has 0 aliphatic carbocycles. The molecule has 3 rings (SSSR count). The van der Waals surface area contributed by atoms with Gasteiger partial charge in [-0.2, -0.15) is 15.4 Å². The average molecular weight is 292 g/mol. The molecule has 1 amide bonds. The molecule has 1 aromatic carbocycles. The fraction of sp³-hybridized carbons (Fsp3) is 0.0909. The molecular formula is C11H9FN6OS. The number of nitrogens with two attached hydrogens (primary N) is 1. The van der Waals surface area contributed by atoms with Crippen molar-refractivity contribution in [2.24, 2.45) is 0 Å². The monoisotopic (exact) mass is 292 g/mol. The predicted octanol–water partition coefficient (Wildman–Crippen LogP) is 1.07. The molecule has 0 fully saturated rings. The van der Waals surface area contributed by atoms with Crippen LogP contribution in [0.25, 0.3) is 11.0 Å². The largest absolute Gasteiger partial charge is 0.375 e. The quantitative estimate of drug-likeness (QED) is 0.669. The first-order valence-corrected chi connectivity index (χ1v) is 6.43. The summed E-state index contributed by atoms with van der Waals surface area (Å²) in [5, 5.41) is 12.8. The second-order valence-electron chi connectivity index (χ2n) is 4.00. The summed E-state index contributed by atoms with van der Waals surface area (Å²) in [5.41, 5.74) is 6.09. The Morgan fingerprint density at radius 2 is 2.30 bits per heavy atom. The number of rotatable bonds is 3. The second-order valence-corrected chi connectivity index (χ2v) is 5.14. The summed E-state index contributed by atoms with van der Waals surface area (Å²) in [4.78, 5) is 16.7. The lowest BCUT2D eigenvalue weighted by Crippen LogP contribution is -2.22. The van der Waals surface area contributed by atoms with Gasteiger partial charge in [-0.15, -0.1) is 11.3 Å². The van der Waals surface area contributed by atoms with Crippen molar-refractivity contribution in [3.8, 4) is 0 Å². The summed E-state index contributed by atoms with van der Waals surface area (Å²) in [6, 6.07) is 2.60. The summed E-state index contributed by atoms with van der Waals surface area (Å²) >= 11 is 1.28. The molecule has 2 aromatic heterocycles. The zero-order valence-electron chi connectivity index (χ0n) is 10.1. The number of anilines is 1. The molecule has 0 saturated heterocycles. The molecule has 0 bridgehead atoms. The molecule has 102 valence electrons. The maximum absolute atomic E-state index is 13.7. The SMILES string of the molecule is Nc1ncc(CNC(=O)c2cc(F)c3n[nH]nc3c2)s1. The number of nitrogens with zero attached hydrogens (tertiary/aromatic N) is 3. The highest BCUT2D eigenvalue weighted by molar-refractivity contribution is 7.15. The summed E-state index contributed by atoms with van der Waals surface area (Å²) in [6.45, 7) is 0.284. The molecule has 0 saturated carbocycles. The lowest BCUT2D eigenvalue weighted by Gasteiger charge is -2.03. The number of aromatic nitrogens is 4.